The quantitative estimate of drug-likeness (QED) is 0.461. The molecule has 0 heterocycles. The fourth-order valence-corrected chi connectivity index (χ4v) is 1.30. The molecule has 6 heteroatoms. The highest BCUT2D eigenvalue weighted by molar-refractivity contribution is 6.30. The largest absolute Gasteiger partial charge is 0.508 e. The number of phenols is 1. The molecule has 0 aliphatic heterocycles. The van der Waals surface area contributed by atoms with Gasteiger partial charge < -0.3 is 10.2 Å². The summed E-state index contributed by atoms with van der Waals surface area (Å²) in [5, 5.41) is 27.5. The summed E-state index contributed by atoms with van der Waals surface area (Å²) in [5.74, 6) is -0.933. The third kappa shape index (κ3) is 3.09. The van der Waals surface area contributed by atoms with E-state index >= 15 is 0 Å². The van der Waals surface area contributed by atoms with Gasteiger partial charge >= 0.3 is 0 Å². The third-order valence-corrected chi connectivity index (χ3v) is 2.09. The molecule has 0 saturated heterocycles. The SMILES string of the molecule is O=C(CC(O)c1ccc(Cl)cc1O)NO. The van der Waals surface area contributed by atoms with Gasteiger partial charge in [0.15, 0.2) is 0 Å². The Hall–Kier alpha value is -1.30. The number of hydrogen-bond acceptors (Lipinski definition) is 4. The molecule has 82 valence electrons. The molecule has 15 heavy (non-hydrogen) atoms. The molecule has 1 amide bonds. The summed E-state index contributed by atoms with van der Waals surface area (Å²) in [6.45, 7) is 0. The van der Waals surface area contributed by atoms with E-state index in [1.54, 1.807) is 0 Å². The van der Waals surface area contributed by atoms with Crippen molar-refractivity contribution in [2.75, 3.05) is 0 Å². The van der Waals surface area contributed by atoms with E-state index in [0.29, 0.717) is 5.02 Å². The molecule has 0 fully saturated rings. The first kappa shape index (κ1) is 11.8. The minimum absolute atomic E-state index is 0.183. The van der Waals surface area contributed by atoms with Crippen molar-refractivity contribution >= 4 is 17.5 Å². The summed E-state index contributed by atoms with van der Waals surface area (Å²) < 4.78 is 0. The van der Waals surface area contributed by atoms with Gasteiger partial charge in [-0.15, -0.1) is 0 Å². The summed E-state index contributed by atoms with van der Waals surface area (Å²) >= 11 is 5.59. The predicted octanol–water partition coefficient (Wildman–Crippen LogP) is 0.974. The van der Waals surface area contributed by atoms with Gasteiger partial charge in [-0.25, -0.2) is 5.48 Å². The number of hydrogen-bond donors (Lipinski definition) is 4. The number of nitrogens with one attached hydrogen (secondary N) is 1. The van der Waals surface area contributed by atoms with Gasteiger partial charge in [-0.05, 0) is 12.1 Å². The number of aliphatic hydroxyl groups is 1. The van der Waals surface area contributed by atoms with Crippen molar-refractivity contribution in [1.29, 1.82) is 0 Å². The second kappa shape index (κ2) is 4.97. The molecule has 1 aromatic carbocycles. The Morgan fingerprint density at radius 2 is 2.20 bits per heavy atom. The van der Waals surface area contributed by atoms with Gasteiger partial charge in [0, 0.05) is 10.6 Å². The minimum atomic E-state index is -1.19. The van der Waals surface area contributed by atoms with Crippen molar-refractivity contribution in [2.24, 2.45) is 0 Å². The normalized spacial score (nSPS) is 12.2. The molecule has 0 aliphatic rings. The molecule has 0 saturated carbocycles. The maximum Gasteiger partial charge on any atom is 0.246 e. The fraction of sp³-hybridized carbons (Fsp3) is 0.222. The molecule has 0 radical (unpaired) electrons. The highest BCUT2D eigenvalue weighted by atomic mass is 35.5. The van der Waals surface area contributed by atoms with E-state index in [-0.39, 0.29) is 17.7 Å². The molecule has 0 bridgehead atoms. The maximum atomic E-state index is 10.7. The van der Waals surface area contributed by atoms with E-state index in [2.05, 4.69) is 0 Å². The molecule has 0 spiro atoms. The minimum Gasteiger partial charge on any atom is -0.508 e. The summed E-state index contributed by atoms with van der Waals surface area (Å²) in [5.41, 5.74) is 1.57. The van der Waals surface area contributed by atoms with Gasteiger partial charge in [0.2, 0.25) is 5.91 Å². The fourth-order valence-electron chi connectivity index (χ4n) is 1.13. The molecule has 1 rings (SSSR count). The summed E-state index contributed by atoms with van der Waals surface area (Å²) in [6.07, 6.45) is -1.53. The topological polar surface area (TPSA) is 89.8 Å². The van der Waals surface area contributed by atoms with E-state index < -0.39 is 12.0 Å². The maximum absolute atomic E-state index is 10.7. The van der Waals surface area contributed by atoms with Gasteiger partial charge in [0.05, 0.1) is 12.5 Å². The number of phenolic OH excluding ortho intramolecular Hbond substituents is 1. The number of benzene rings is 1. The Bertz CT molecular complexity index is 369. The van der Waals surface area contributed by atoms with Gasteiger partial charge in [0.25, 0.3) is 0 Å². The van der Waals surface area contributed by atoms with Crippen LogP contribution in [0.1, 0.15) is 18.1 Å². The molecular weight excluding hydrogens is 222 g/mol. The van der Waals surface area contributed by atoms with Crippen LogP contribution in [-0.2, 0) is 4.79 Å². The molecule has 5 nitrogen and oxygen atoms in total. The van der Waals surface area contributed by atoms with Crippen LogP contribution in [0.25, 0.3) is 0 Å². The summed E-state index contributed by atoms with van der Waals surface area (Å²) in [7, 11) is 0. The standard InChI is InChI=1S/C9H10ClNO4/c10-5-1-2-6(7(12)3-5)8(13)4-9(14)11-15/h1-3,8,12-13,15H,4H2,(H,11,14). The Balaban J connectivity index is 2.82. The van der Waals surface area contributed by atoms with Crippen LogP contribution < -0.4 is 5.48 Å². The van der Waals surface area contributed by atoms with E-state index in [1.165, 1.54) is 23.7 Å². The van der Waals surface area contributed by atoms with E-state index in [1.807, 2.05) is 0 Å². The lowest BCUT2D eigenvalue weighted by Crippen LogP contribution is -2.21. The van der Waals surface area contributed by atoms with E-state index in [0.717, 1.165) is 0 Å². The van der Waals surface area contributed by atoms with Crippen molar-refractivity contribution in [3.8, 4) is 5.75 Å². The van der Waals surface area contributed by atoms with Crippen molar-refractivity contribution < 1.29 is 20.2 Å². The average Bonchev–Trinajstić information content (AvgIpc) is 2.17. The van der Waals surface area contributed by atoms with Crippen molar-refractivity contribution in [1.82, 2.24) is 5.48 Å². The zero-order valence-electron chi connectivity index (χ0n) is 7.64. The molecule has 1 atom stereocenters. The van der Waals surface area contributed by atoms with Crippen molar-refractivity contribution in [3.63, 3.8) is 0 Å². The molecule has 0 aromatic heterocycles. The van der Waals surface area contributed by atoms with Crippen LogP contribution in [0.15, 0.2) is 18.2 Å². The number of hydroxylamine groups is 1. The number of halogens is 1. The lowest BCUT2D eigenvalue weighted by Gasteiger charge is -2.11. The average molecular weight is 232 g/mol. The zero-order valence-corrected chi connectivity index (χ0v) is 8.40. The third-order valence-electron chi connectivity index (χ3n) is 1.85. The van der Waals surface area contributed by atoms with Crippen LogP contribution >= 0.6 is 11.6 Å². The molecular formula is C9H10ClNO4. The first-order chi connectivity index (χ1) is 7.04. The predicted molar refractivity (Wildman–Crippen MR) is 52.6 cm³/mol. The number of carbonyl (C=O) groups excluding carboxylic acids is 1. The Labute approximate surface area is 90.9 Å². The van der Waals surface area contributed by atoms with Gasteiger partial charge in [-0.3, -0.25) is 10.0 Å². The van der Waals surface area contributed by atoms with Crippen LogP contribution in [0.2, 0.25) is 5.02 Å². The number of aromatic hydroxyl groups is 1. The Morgan fingerprint density at radius 1 is 1.53 bits per heavy atom. The van der Waals surface area contributed by atoms with Crippen LogP contribution in [0, 0.1) is 0 Å². The highest BCUT2D eigenvalue weighted by Crippen LogP contribution is 2.28. The lowest BCUT2D eigenvalue weighted by molar-refractivity contribution is -0.131. The Morgan fingerprint density at radius 3 is 2.73 bits per heavy atom. The summed E-state index contributed by atoms with van der Waals surface area (Å²) in [4.78, 5) is 10.7. The molecule has 4 N–H and O–H groups in total. The molecule has 0 aliphatic carbocycles. The molecule has 1 aromatic rings. The molecule has 1 unspecified atom stereocenters. The van der Waals surface area contributed by atoms with E-state index in [4.69, 9.17) is 16.8 Å². The van der Waals surface area contributed by atoms with E-state index in [9.17, 15) is 15.0 Å². The van der Waals surface area contributed by atoms with Gasteiger partial charge in [-0.1, -0.05) is 17.7 Å². The summed E-state index contributed by atoms with van der Waals surface area (Å²) in [6, 6.07) is 4.15. The number of aliphatic hydroxyl groups excluding tert-OH is 1. The Kier molecular flexibility index (Phi) is 3.90. The number of rotatable bonds is 3. The zero-order chi connectivity index (χ0) is 11.4. The number of carbonyl (C=O) groups is 1. The van der Waals surface area contributed by atoms with Crippen LogP contribution in [0.3, 0.4) is 0 Å². The second-order valence-electron chi connectivity index (χ2n) is 2.96. The van der Waals surface area contributed by atoms with Crippen LogP contribution in [0.5, 0.6) is 5.75 Å². The lowest BCUT2D eigenvalue weighted by atomic mass is 10.1. The highest BCUT2D eigenvalue weighted by Gasteiger charge is 2.16. The monoisotopic (exact) mass is 231 g/mol. The number of amides is 1. The van der Waals surface area contributed by atoms with Gasteiger partial charge in [-0.2, -0.15) is 0 Å². The first-order valence-electron chi connectivity index (χ1n) is 4.14. The smallest absolute Gasteiger partial charge is 0.246 e. The van der Waals surface area contributed by atoms with Crippen molar-refractivity contribution in [3.05, 3.63) is 28.8 Å². The van der Waals surface area contributed by atoms with Gasteiger partial charge in [0.1, 0.15) is 5.75 Å². The van der Waals surface area contributed by atoms with Crippen LogP contribution in [-0.4, -0.2) is 21.3 Å². The first-order valence-corrected chi connectivity index (χ1v) is 4.51. The second-order valence-corrected chi connectivity index (χ2v) is 3.39. The van der Waals surface area contributed by atoms with Crippen molar-refractivity contribution in [2.45, 2.75) is 12.5 Å². The van der Waals surface area contributed by atoms with Crippen LogP contribution in [0.4, 0.5) is 0 Å².